The Balaban J connectivity index is 2.08. The number of nitrogens with one attached hydrogen (secondary N) is 1. The first kappa shape index (κ1) is 15.4. The minimum Gasteiger partial charge on any atom is -0.381 e. The summed E-state index contributed by atoms with van der Waals surface area (Å²) in [7, 11) is 0. The second kappa shape index (κ2) is 7.18. The van der Waals surface area contributed by atoms with Crippen LogP contribution in [0.4, 0.5) is 0 Å². The zero-order chi connectivity index (χ0) is 14.4. The van der Waals surface area contributed by atoms with E-state index >= 15 is 0 Å². The Morgan fingerprint density at radius 3 is 2.80 bits per heavy atom. The summed E-state index contributed by atoms with van der Waals surface area (Å²) in [6, 6.07) is 0.517. The Bertz CT molecular complexity index is 396. The van der Waals surface area contributed by atoms with Crippen LogP contribution in [0.3, 0.4) is 0 Å². The number of nitrogens with zero attached hydrogens (tertiary/aromatic N) is 3. The number of aromatic nitrogens is 3. The minimum atomic E-state index is 0.265. The first-order chi connectivity index (χ1) is 9.65. The minimum absolute atomic E-state index is 0.265. The highest BCUT2D eigenvalue weighted by atomic mass is 16.5. The molecule has 5 heteroatoms. The van der Waals surface area contributed by atoms with E-state index in [1.807, 2.05) is 0 Å². The van der Waals surface area contributed by atoms with Crippen molar-refractivity contribution in [1.82, 2.24) is 20.1 Å². The van der Waals surface area contributed by atoms with Gasteiger partial charge in [-0.15, -0.1) is 0 Å². The number of rotatable bonds is 7. The molecule has 2 rings (SSSR count). The van der Waals surface area contributed by atoms with Crippen molar-refractivity contribution in [3.8, 4) is 0 Å². The quantitative estimate of drug-likeness (QED) is 0.830. The van der Waals surface area contributed by atoms with E-state index in [9.17, 15) is 0 Å². The molecule has 0 bridgehead atoms. The molecule has 1 aromatic rings. The second-order valence-electron chi connectivity index (χ2n) is 6.22. The molecule has 2 heterocycles. The third-order valence-corrected chi connectivity index (χ3v) is 4.10. The Morgan fingerprint density at radius 1 is 1.40 bits per heavy atom. The van der Waals surface area contributed by atoms with Crippen molar-refractivity contribution in [3.63, 3.8) is 0 Å². The molecule has 1 saturated heterocycles. The molecule has 1 aliphatic heterocycles. The molecular formula is C15H28N4O. The Kier molecular flexibility index (Phi) is 5.54. The largest absolute Gasteiger partial charge is 0.381 e. The molecule has 0 aliphatic carbocycles. The molecule has 1 aromatic heterocycles. The number of aryl methyl sites for hydroxylation is 1. The SMILES string of the molecule is CCCn1ncnc1CC1(CNC(C)C)CCOCC1. The van der Waals surface area contributed by atoms with Gasteiger partial charge in [-0.1, -0.05) is 20.8 Å². The summed E-state index contributed by atoms with van der Waals surface area (Å²) in [6.45, 7) is 10.3. The Labute approximate surface area is 122 Å². The second-order valence-corrected chi connectivity index (χ2v) is 6.22. The van der Waals surface area contributed by atoms with Crippen LogP contribution in [0.1, 0.15) is 45.9 Å². The molecule has 1 aliphatic rings. The topological polar surface area (TPSA) is 52.0 Å². The van der Waals surface area contributed by atoms with Gasteiger partial charge in [-0.05, 0) is 24.7 Å². The van der Waals surface area contributed by atoms with Gasteiger partial charge < -0.3 is 10.1 Å². The van der Waals surface area contributed by atoms with Gasteiger partial charge in [0.2, 0.25) is 0 Å². The number of hydrogen-bond acceptors (Lipinski definition) is 4. The summed E-state index contributed by atoms with van der Waals surface area (Å²) in [5.41, 5.74) is 0.265. The summed E-state index contributed by atoms with van der Waals surface area (Å²) < 4.78 is 7.62. The fourth-order valence-electron chi connectivity index (χ4n) is 2.80. The fourth-order valence-corrected chi connectivity index (χ4v) is 2.80. The zero-order valence-electron chi connectivity index (χ0n) is 13.1. The lowest BCUT2D eigenvalue weighted by molar-refractivity contribution is 0.0126. The van der Waals surface area contributed by atoms with Gasteiger partial charge in [-0.2, -0.15) is 5.10 Å². The highest BCUT2D eigenvalue weighted by Crippen LogP contribution is 2.33. The highest BCUT2D eigenvalue weighted by molar-refractivity contribution is 4.96. The number of ether oxygens (including phenoxy) is 1. The van der Waals surface area contributed by atoms with Crippen LogP contribution < -0.4 is 5.32 Å². The van der Waals surface area contributed by atoms with Gasteiger partial charge in [0.15, 0.2) is 0 Å². The lowest BCUT2D eigenvalue weighted by Crippen LogP contribution is -2.43. The average Bonchev–Trinajstić information content (AvgIpc) is 2.85. The molecule has 0 saturated carbocycles. The smallest absolute Gasteiger partial charge is 0.138 e. The van der Waals surface area contributed by atoms with Crippen LogP contribution >= 0.6 is 0 Å². The molecule has 0 spiro atoms. The maximum atomic E-state index is 5.56. The third kappa shape index (κ3) is 4.03. The lowest BCUT2D eigenvalue weighted by Gasteiger charge is -2.37. The van der Waals surface area contributed by atoms with Crippen molar-refractivity contribution >= 4 is 0 Å². The molecule has 5 nitrogen and oxygen atoms in total. The van der Waals surface area contributed by atoms with Crippen molar-refractivity contribution in [1.29, 1.82) is 0 Å². The lowest BCUT2D eigenvalue weighted by atomic mass is 9.76. The van der Waals surface area contributed by atoms with Gasteiger partial charge in [-0.25, -0.2) is 4.98 Å². The molecule has 0 aromatic carbocycles. The van der Waals surface area contributed by atoms with Gasteiger partial charge in [0.25, 0.3) is 0 Å². The predicted octanol–water partition coefficient (Wildman–Crippen LogP) is 2.03. The van der Waals surface area contributed by atoms with Gasteiger partial charge in [0.05, 0.1) is 0 Å². The van der Waals surface area contributed by atoms with Crippen molar-refractivity contribution in [3.05, 3.63) is 12.2 Å². The normalized spacial score (nSPS) is 18.6. The number of hydrogen-bond donors (Lipinski definition) is 1. The molecule has 0 radical (unpaired) electrons. The van der Waals surface area contributed by atoms with E-state index in [4.69, 9.17) is 4.74 Å². The van der Waals surface area contributed by atoms with Crippen molar-refractivity contribution in [2.24, 2.45) is 5.41 Å². The molecular weight excluding hydrogens is 252 g/mol. The van der Waals surface area contributed by atoms with E-state index in [2.05, 4.69) is 40.9 Å². The van der Waals surface area contributed by atoms with E-state index < -0.39 is 0 Å². The summed E-state index contributed by atoms with van der Waals surface area (Å²) in [5, 5.41) is 7.96. The molecule has 114 valence electrons. The molecule has 0 atom stereocenters. The van der Waals surface area contributed by atoms with Crippen LogP contribution in [0.25, 0.3) is 0 Å². The molecule has 1 N–H and O–H groups in total. The monoisotopic (exact) mass is 280 g/mol. The maximum Gasteiger partial charge on any atom is 0.138 e. The third-order valence-electron chi connectivity index (χ3n) is 4.10. The van der Waals surface area contributed by atoms with Gasteiger partial charge in [0.1, 0.15) is 12.2 Å². The Morgan fingerprint density at radius 2 is 2.15 bits per heavy atom. The van der Waals surface area contributed by atoms with Crippen LogP contribution in [-0.2, 0) is 17.7 Å². The van der Waals surface area contributed by atoms with Crippen molar-refractivity contribution in [2.45, 2.75) is 59.0 Å². The summed E-state index contributed by atoms with van der Waals surface area (Å²) in [6.07, 6.45) is 5.98. The average molecular weight is 280 g/mol. The van der Waals surface area contributed by atoms with Crippen LogP contribution in [0.15, 0.2) is 6.33 Å². The van der Waals surface area contributed by atoms with Gasteiger partial charge >= 0.3 is 0 Å². The molecule has 0 unspecified atom stereocenters. The van der Waals surface area contributed by atoms with Crippen LogP contribution in [-0.4, -0.2) is 40.6 Å². The van der Waals surface area contributed by atoms with Crippen LogP contribution in [0.5, 0.6) is 0 Å². The summed E-state index contributed by atoms with van der Waals surface area (Å²) in [4.78, 5) is 4.48. The van der Waals surface area contributed by atoms with Crippen molar-refractivity contribution < 1.29 is 4.74 Å². The summed E-state index contributed by atoms with van der Waals surface area (Å²) in [5.74, 6) is 1.12. The Hall–Kier alpha value is -0.940. The maximum absolute atomic E-state index is 5.56. The highest BCUT2D eigenvalue weighted by Gasteiger charge is 2.34. The van der Waals surface area contributed by atoms with E-state index in [1.54, 1.807) is 6.33 Å². The zero-order valence-corrected chi connectivity index (χ0v) is 13.1. The fraction of sp³-hybridized carbons (Fsp3) is 0.867. The van der Waals surface area contributed by atoms with E-state index in [0.29, 0.717) is 6.04 Å². The first-order valence-electron chi connectivity index (χ1n) is 7.83. The van der Waals surface area contributed by atoms with Gasteiger partial charge in [0, 0.05) is 38.8 Å². The van der Waals surface area contributed by atoms with Gasteiger partial charge in [-0.3, -0.25) is 4.68 Å². The van der Waals surface area contributed by atoms with Crippen LogP contribution in [0, 0.1) is 5.41 Å². The van der Waals surface area contributed by atoms with E-state index in [-0.39, 0.29) is 5.41 Å². The van der Waals surface area contributed by atoms with Crippen molar-refractivity contribution in [2.75, 3.05) is 19.8 Å². The van der Waals surface area contributed by atoms with E-state index in [1.165, 1.54) is 0 Å². The first-order valence-corrected chi connectivity index (χ1v) is 7.83. The molecule has 1 fully saturated rings. The van der Waals surface area contributed by atoms with Crippen LogP contribution in [0.2, 0.25) is 0 Å². The van der Waals surface area contributed by atoms with E-state index in [0.717, 1.165) is 57.8 Å². The molecule has 20 heavy (non-hydrogen) atoms. The standard InChI is InChI=1S/C15H28N4O/c1-4-7-19-14(17-12-18-19)10-15(11-16-13(2)3)5-8-20-9-6-15/h12-13,16H,4-11H2,1-3H3. The molecule has 0 amide bonds. The summed E-state index contributed by atoms with van der Waals surface area (Å²) >= 11 is 0. The predicted molar refractivity (Wildman–Crippen MR) is 79.6 cm³/mol.